The maximum atomic E-state index is 9.95. The smallest absolute Gasteiger partial charge is 0.235 e. The highest BCUT2D eigenvalue weighted by Gasteiger charge is 2.00. The molecule has 0 saturated heterocycles. The zero-order valence-electron chi connectivity index (χ0n) is 9.77. The highest BCUT2D eigenvalue weighted by atomic mass is 16.5. The first-order chi connectivity index (χ1) is 7.76. The average Bonchev–Trinajstić information content (AvgIpc) is 2.34. The lowest BCUT2D eigenvalue weighted by Gasteiger charge is -2.08. The van der Waals surface area contributed by atoms with Gasteiger partial charge in [-0.05, 0) is 30.9 Å². The molecule has 1 unspecified atom stereocenters. The monoisotopic (exact) mass is 219 g/mol. The van der Waals surface area contributed by atoms with Crippen LogP contribution < -0.4 is 0 Å². The number of nitrogens with zero attached hydrogens (tertiary/aromatic N) is 1. The maximum Gasteiger partial charge on any atom is 0.235 e. The van der Waals surface area contributed by atoms with Crippen molar-refractivity contribution in [1.82, 2.24) is 0 Å². The number of isocyanates is 1. The van der Waals surface area contributed by atoms with Gasteiger partial charge in [0.25, 0.3) is 0 Å². The summed E-state index contributed by atoms with van der Waals surface area (Å²) < 4.78 is 5.19. The molecule has 0 amide bonds. The third-order valence-corrected chi connectivity index (χ3v) is 2.59. The van der Waals surface area contributed by atoms with Crippen LogP contribution in [0, 0.1) is 0 Å². The SMILES string of the molecule is COC(C)CCc1ccc(CN=C=O)cc1. The van der Waals surface area contributed by atoms with Crippen molar-refractivity contribution < 1.29 is 9.53 Å². The van der Waals surface area contributed by atoms with Crippen LogP contribution in [-0.2, 0) is 22.5 Å². The first kappa shape index (κ1) is 12.6. The summed E-state index contributed by atoms with van der Waals surface area (Å²) in [4.78, 5) is 13.5. The summed E-state index contributed by atoms with van der Waals surface area (Å²) in [5.41, 5.74) is 2.31. The summed E-state index contributed by atoms with van der Waals surface area (Å²) >= 11 is 0. The van der Waals surface area contributed by atoms with Crippen molar-refractivity contribution >= 4 is 6.08 Å². The van der Waals surface area contributed by atoms with E-state index >= 15 is 0 Å². The molecule has 3 nitrogen and oxygen atoms in total. The van der Waals surface area contributed by atoms with Crippen LogP contribution in [0.1, 0.15) is 24.5 Å². The van der Waals surface area contributed by atoms with E-state index in [-0.39, 0.29) is 0 Å². The van der Waals surface area contributed by atoms with E-state index in [4.69, 9.17) is 4.74 Å². The largest absolute Gasteiger partial charge is 0.382 e. The number of ether oxygens (including phenoxy) is 1. The van der Waals surface area contributed by atoms with Gasteiger partial charge >= 0.3 is 0 Å². The predicted octanol–water partition coefficient (Wildman–Crippen LogP) is 2.49. The zero-order valence-corrected chi connectivity index (χ0v) is 9.77. The summed E-state index contributed by atoms with van der Waals surface area (Å²) in [6.07, 6.45) is 3.85. The lowest BCUT2D eigenvalue weighted by molar-refractivity contribution is 0.111. The Morgan fingerprint density at radius 1 is 1.31 bits per heavy atom. The van der Waals surface area contributed by atoms with Crippen LogP contribution in [-0.4, -0.2) is 19.3 Å². The van der Waals surface area contributed by atoms with E-state index in [0.29, 0.717) is 12.6 Å². The van der Waals surface area contributed by atoms with Gasteiger partial charge in [-0.3, -0.25) is 0 Å². The van der Waals surface area contributed by atoms with E-state index in [1.807, 2.05) is 12.1 Å². The van der Waals surface area contributed by atoms with Gasteiger partial charge in [-0.15, -0.1) is 0 Å². The molecule has 1 aromatic carbocycles. The van der Waals surface area contributed by atoms with Gasteiger partial charge in [-0.2, -0.15) is 0 Å². The quantitative estimate of drug-likeness (QED) is 0.544. The lowest BCUT2D eigenvalue weighted by Crippen LogP contribution is -2.05. The first-order valence-corrected chi connectivity index (χ1v) is 5.40. The van der Waals surface area contributed by atoms with Gasteiger partial charge in [-0.25, -0.2) is 9.79 Å². The van der Waals surface area contributed by atoms with E-state index in [1.54, 1.807) is 7.11 Å². The van der Waals surface area contributed by atoms with E-state index in [9.17, 15) is 4.79 Å². The molecule has 0 aliphatic heterocycles. The van der Waals surface area contributed by atoms with Gasteiger partial charge < -0.3 is 4.74 Å². The molecule has 0 saturated carbocycles. The van der Waals surface area contributed by atoms with Crippen LogP contribution in [0.5, 0.6) is 0 Å². The fourth-order valence-corrected chi connectivity index (χ4v) is 1.42. The van der Waals surface area contributed by atoms with Gasteiger partial charge in [0.05, 0.1) is 12.6 Å². The fraction of sp³-hybridized carbons (Fsp3) is 0.462. The lowest BCUT2D eigenvalue weighted by atomic mass is 10.1. The van der Waals surface area contributed by atoms with Gasteiger partial charge in [0, 0.05) is 7.11 Å². The molecule has 0 fully saturated rings. The summed E-state index contributed by atoms with van der Waals surface area (Å²) in [5, 5.41) is 0. The Balaban J connectivity index is 2.47. The molecule has 1 atom stereocenters. The number of methoxy groups -OCH3 is 1. The second kappa shape index (κ2) is 6.94. The van der Waals surface area contributed by atoms with Crippen molar-refractivity contribution in [3.05, 3.63) is 35.4 Å². The Kier molecular flexibility index (Phi) is 5.48. The van der Waals surface area contributed by atoms with Gasteiger partial charge in [0.1, 0.15) is 0 Å². The molecule has 86 valence electrons. The highest BCUT2D eigenvalue weighted by Crippen LogP contribution is 2.09. The minimum absolute atomic E-state index is 0.291. The Morgan fingerprint density at radius 2 is 1.94 bits per heavy atom. The minimum Gasteiger partial charge on any atom is -0.382 e. The molecule has 1 aromatic rings. The standard InChI is InChI=1S/C13H17NO2/c1-11(16-2)3-4-12-5-7-13(8-6-12)9-14-10-15/h5-8,11H,3-4,9H2,1-2H3. The number of carbonyl (C=O) groups excluding carboxylic acids is 1. The molecule has 0 aromatic heterocycles. The van der Waals surface area contributed by atoms with Crippen LogP contribution in [0.15, 0.2) is 29.3 Å². The van der Waals surface area contributed by atoms with Crippen LogP contribution in [0.3, 0.4) is 0 Å². The van der Waals surface area contributed by atoms with Crippen molar-refractivity contribution in [2.45, 2.75) is 32.4 Å². The molecule has 1 rings (SSSR count). The van der Waals surface area contributed by atoms with Gasteiger partial charge in [0.2, 0.25) is 6.08 Å². The minimum atomic E-state index is 0.291. The van der Waals surface area contributed by atoms with Crippen molar-refractivity contribution in [3.63, 3.8) is 0 Å². The number of hydrogen-bond donors (Lipinski definition) is 0. The number of aryl methyl sites for hydroxylation is 1. The van der Waals surface area contributed by atoms with Crippen molar-refractivity contribution in [3.8, 4) is 0 Å². The molecule has 0 radical (unpaired) electrons. The summed E-state index contributed by atoms with van der Waals surface area (Å²) in [6, 6.07) is 8.12. The van der Waals surface area contributed by atoms with E-state index in [0.717, 1.165) is 18.4 Å². The third-order valence-electron chi connectivity index (χ3n) is 2.59. The Labute approximate surface area is 96.2 Å². The predicted molar refractivity (Wildman–Crippen MR) is 63.1 cm³/mol. The second-order valence-electron chi connectivity index (χ2n) is 3.81. The molecular formula is C13H17NO2. The molecule has 3 heteroatoms. The van der Waals surface area contributed by atoms with Crippen molar-refractivity contribution in [2.75, 3.05) is 7.11 Å². The molecule has 0 heterocycles. The normalized spacial score (nSPS) is 11.9. The van der Waals surface area contributed by atoms with E-state index < -0.39 is 0 Å². The number of rotatable bonds is 6. The number of aliphatic imine (C=N–C) groups is 1. The van der Waals surface area contributed by atoms with Crippen LogP contribution >= 0.6 is 0 Å². The van der Waals surface area contributed by atoms with Crippen LogP contribution in [0.25, 0.3) is 0 Å². The number of hydrogen-bond acceptors (Lipinski definition) is 3. The summed E-state index contributed by atoms with van der Waals surface area (Å²) in [5.74, 6) is 0. The van der Waals surface area contributed by atoms with Crippen LogP contribution in [0.4, 0.5) is 0 Å². The van der Waals surface area contributed by atoms with Crippen molar-refractivity contribution in [1.29, 1.82) is 0 Å². The first-order valence-electron chi connectivity index (χ1n) is 5.40. The Hall–Kier alpha value is -1.44. The highest BCUT2D eigenvalue weighted by molar-refractivity contribution is 5.34. The Morgan fingerprint density at radius 3 is 2.50 bits per heavy atom. The molecule has 0 aliphatic rings. The van der Waals surface area contributed by atoms with Gasteiger partial charge in [0.15, 0.2) is 0 Å². The fourth-order valence-electron chi connectivity index (χ4n) is 1.42. The van der Waals surface area contributed by atoms with Crippen LogP contribution in [0.2, 0.25) is 0 Å². The zero-order chi connectivity index (χ0) is 11.8. The Bertz CT molecular complexity index is 353. The second-order valence-corrected chi connectivity index (χ2v) is 3.81. The number of benzene rings is 1. The summed E-state index contributed by atoms with van der Waals surface area (Å²) in [7, 11) is 1.73. The maximum absolute atomic E-state index is 9.95. The van der Waals surface area contributed by atoms with Crippen molar-refractivity contribution in [2.24, 2.45) is 4.99 Å². The topological polar surface area (TPSA) is 38.7 Å². The molecule has 0 bridgehead atoms. The van der Waals surface area contributed by atoms with Gasteiger partial charge in [-0.1, -0.05) is 24.3 Å². The molecule has 0 spiro atoms. The molecule has 0 N–H and O–H groups in total. The summed E-state index contributed by atoms with van der Waals surface area (Å²) in [6.45, 7) is 2.48. The molecule has 0 aliphatic carbocycles. The molecule has 16 heavy (non-hydrogen) atoms. The molecular weight excluding hydrogens is 202 g/mol. The van der Waals surface area contributed by atoms with E-state index in [2.05, 4.69) is 24.0 Å². The van der Waals surface area contributed by atoms with E-state index in [1.165, 1.54) is 11.6 Å². The third kappa shape index (κ3) is 4.39. The average molecular weight is 219 g/mol.